The zero-order valence-electron chi connectivity index (χ0n) is 15.0. The number of halogens is 1. The summed E-state index contributed by atoms with van der Waals surface area (Å²) < 4.78 is 32.9. The predicted molar refractivity (Wildman–Crippen MR) is 107 cm³/mol. The standard InChI is InChI=1S/C19H19BrN2O5S/c1-12(18(23)21-15-6-4-14(20)5-7-15)27-19(24)13-2-10-17(11-3-13)28(25,26)22-16-8-9-16/h2-7,10-12,16,22H,8-9H2,1H3,(H,21,23). The van der Waals surface area contributed by atoms with Crippen LogP contribution in [0, 0.1) is 0 Å². The Kier molecular flexibility index (Phi) is 6.17. The number of benzene rings is 2. The minimum atomic E-state index is -3.58. The summed E-state index contributed by atoms with van der Waals surface area (Å²) in [7, 11) is -3.58. The number of anilines is 1. The monoisotopic (exact) mass is 466 g/mol. The lowest BCUT2D eigenvalue weighted by Gasteiger charge is -2.14. The number of hydrogen-bond acceptors (Lipinski definition) is 5. The van der Waals surface area contributed by atoms with Crippen molar-refractivity contribution in [1.82, 2.24) is 4.72 Å². The zero-order valence-corrected chi connectivity index (χ0v) is 17.4. The van der Waals surface area contributed by atoms with Crippen molar-refractivity contribution in [2.45, 2.75) is 36.8 Å². The molecule has 9 heteroatoms. The van der Waals surface area contributed by atoms with Gasteiger partial charge in [0.05, 0.1) is 10.5 Å². The van der Waals surface area contributed by atoms with Crippen LogP contribution in [0.5, 0.6) is 0 Å². The quantitative estimate of drug-likeness (QED) is 0.610. The third-order valence-electron chi connectivity index (χ3n) is 4.06. The number of esters is 1. The highest BCUT2D eigenvalue weighted by atomic mass is 79.9. The summed E-state index contributed by atoms with van der Waals surface area (Å²) in [6.45, 7) is 1.46. The van der Waals surface area contributed by atoms with Crippen LogP contribution in [0.4, 0.5) is 5.69 Å². The lowest BCUT2D eigenvalue weighted by molar-refractivity contribution is -0.123. The summed E-state index contributed by atoms with van der Waals surface area (Å²) in [6, 6.07) is 12.4. The molecule has 1 aliphatic rings. The highest BCUT2D eigenvalue weighted by Gasteiger charge is 2.28. The molecule has 1 amide bonds. The van der Waals surface area contributed by atoms with E-state index in [1.165, 1.54) is 31.2 Å². The number of carbonyl (C=O) groups is 2. The molecular weight excluding hydrogens is 448 g/mol. The molecule has 148 valence electrons. The summed E-state index contributed by atoms with van der Waals surface area (Å²) in [5.74, 6) is -1.18. The van der Waals surface area contributed by atoms with Gasteiger partial charge in [-0.1, -0.05) is 15.9 Å². The van der Waals surface area contributed by atoms with Gasteiger partial charge in [0.2, 0.25) is 10.0 Å². The second kappa shape index (κ2) is 8.42. The van der Waals surface area contributed by atoms with Crippen LogP contribution >= 0.6 is 15.9 Å². The van der Waals surface area contributed by atoms with Gasteiger partial charge in [0.1, 0.15) is 0 Å². The molecule has 0 aromatic heterocycles. The molecule has 0 radical (unpaired) electrons. The Morgan fingerprint density at radius 3 is 2.25 bits per heavy atom. The van der Waals surface area contributed by atoms with Crippen molar-refractivity contribution in [3.8, 4) is 0 Å². The number of carbonyl (C=O) groups excluding carboxylic acids is 2. The number of amides is 1. The van der Waals surface area contributed by atoms with Crippen LogP contribution in [0.15, 0.2) is 57.9 Å². The zero-order chi connectivity index (χ0) is 20.3. The summed E-state index contributed by atoms with van der Waals surface area (Å²) in [4.78, 5) is 24.5. The number of ether oxygens (including phenoxy) is 1. The van der Waals surface area contributed by atoms with E-state index in [1.54, 1.807) is 24.3 Å². The van der Waals surface area contributed by atoms with E-state index in [-0.39, 0.29) is 16.5 Å². The molecule has 1 atom stereocenters. The predicted octanol–water partition coefficient (Wildman–Crippen LogP) is 3.07. The Bertz CT molecular complexity index is 970. The van der Waals surface area contributed by atoms with Crippen molar-refractivity contribution in [3.05, 3.63) is 58.6 Å². The normalized spacial score (nSPS) is 14.9. The van der Waals surface area contributed by atoms with Crippen molar-refractivity contribution in [3.63, 3.8) is 0 Å². The van der Waals surface area contributed by atoms with Gasteiger partial charge in [-0.05, 0) is 68.3 Å². The maximum Gasteiger partial charge on any atom is 0.338 e. The van der Waals surface area contributed by atoms with E-state index in [1.807, 2.05) is 0 Å². The van der Waals surface area contributed by atoms with Gasteiger partial charge in [0.15, 0.2) is 6.10 Å². The van der Waals surface area contributed by atoms with Crippen molar-refractivity contribution in [1.29, 1.82) is 0 Å². The summed E-state index contributed by atoms with van der Waals surface area (Å²) in [5.41, 5.74) is 0.738. The molecule has 3 rings (SSSR count). The van der Waals surface area contributed by atoms with Gasteiger partial charge in [-0.2, -0.15) is 0 Å². The number of hydrogen-bond donors (Lipinski definition) is 2. The Morgan fingerprint density at radius 1 is 1.07 bits per heavy atom. The number of nitrogens with one attached hydrogen (secondary N) is 2. The first-order valence-corrected chi connectivity index (χ1v) is 10.9. The minimum Gasteiger partial charge on any atom is -0.449 e. The van der Waals surface area contributed by atoms with Crippen molar-refractivity contribution in [2.75, 3.05) is 5.32 Å². The van der Waals surface area contributed by atoms with Gasteiger partial charge in [0.25, 0.3) is 5.91 Å². The molecule has 1 fully saturated rings. The number of rotatable bonds is 7. The first kappa shape index (κ1) is 20.5. The van der Waals surface area contributed by atoms with E-state index in [9.17, 15) is 18.0 Å². The van der Waals surface area contributed by atoms with Gasteiger partial charge in [-0.25, -0.2) is 17.9 Å². The SMILES string of the molecule is CC(OC(=O)c1ccc(S(=O)(=O)NC2CC2)cc1)C(=O)Nc1ccc(Br)cc1. The first-order valence-electron chi connectivity index (χ1n) is 8.64. The Morgan fingerprint density at radius 2 is 1.68 bits per heavy atom. The molecule has 7 nitrogen and oxygen atoms in total. The molecule has 28 heavy (non-hydrogen) atoms. The van der Waals surface area contributed by atoms with Crippen LogP contribution < -0.4 is 10.0 Å². The van der Waals surface area contributed by atoms with Gasteiger partial charge < -0.3 is 10.1 Å². The molecule has 0 spiro atoms. The maximum atomic E-state index is 12.2. The highest BCUT2D eigenvalue weighted by molar-refractivity contribution is 9.10. The van der Waals surface area contributed by atoms with Gasteiger partial charge >= 0.3 is 5.97 Å². The van der Waals surface area contributed by atoms with E-state index in [2.05, 4.69) is 26.0 Å². The first-order chi connectivity index (χ1) is 13.2. The number of sulfonamides is 1. The fraction of sp³-hybridized carbons (Fsp3) is 0.263. The van der Waals surface area contributed by atoms with Crippen LogP contribution in [0.25, 0.3) is 0 Å². The smallest absolute Gasteiger partial charge is 0.338 e. The van der Waals surface area contributed by atoms with E-state index in [4.69, 9.17) is 4.74 Å². The Balaban J connectivity index is 1.58. The van der Waals surface area contributed by atoms with Crippen LogP contribution in [-0.4, -0.2) is 32.4 Å². The summed E-state index contributed by atoms with van der Waals surface area (Å²) in [6.07, 6.45) is 0.657. The Hall–Kier alpha value is -2.23. The molecule has 1 unspecified atom stereocenters. The third kappa shape index (κ3) is 5.40. The van der Waals surface area contributed by atoms with E-state index in [0.717, 1.165) is 17.3 Å². The van der Waals surface area contributed by atoms with Gasteiger partial charge in [-0.3, -0.25) is 4.79 Å². The highest BCUT2D eigenvalue weighted by Crippen LogP contribution is 2.22. The lowest BCUT2D eigenvalue weighted by atomic mass is 10.2. The van der Waals surface area contributed by atoms with Crippen LogP contribution in [0.1, 0.15) is 30.1 Å². The van der Waals surface area contributed by atoms with Crippen LogP contribution in [-0.2, 0) is 19.6 Å². The van der Waals surface area contributed by atoms with E-state index < -0.39 is 28.0 Å². The van der Waals surface area contributed by atoms with E-state index >= 15 is 0 Å². The molecule has 1 saturated carbocycles. The van der Waals surface area contributed by atoms with Gasteiger partial charge in [0, 0.05) is 16.2 Å². The molecule has 2 aromatic carbocycles. The molecule has 0 saturated heterocycles. The van der Waals surface area contributed by atoms with Crippen LogP contribution in [0.3, 0.4) is 0 Å². The fourth-order valence-corrected chi connectivity index (χ4v) is 3.89. The van der Waals surface area contributed by atoms with Crippen molar-refractivity contribution >= 4 is 43.5 Å². The maximum absolute atomic E-state index is 12.2. The largest absolute Gasteiger partial charge is 0.449 e. The Labute approximate surface area is 171 Å². The van der Waals surface area contributed by atoms with E-state index in [0.29, 0.717) is 5.69 Å². The molecule has 0 aliphatic heterocycles. The van der Waals surface area contributed by atoms with Gasteiger partial charge in [-0.15, -0.1) is 0 Å². The molecule has 0 heterocycles. The molecule has 2 aromatic rings. The molecule has 0 bridgehead atoms. The topological polar surface area (TPSA) is 102 Å². The second-order valence-electron chi connectivity index (χ2n) is 6.46. The van der Waals surface area contributed by atoms with Crippen LogP contribution in [0.2, 0.25) is 0 Å². The minimum absolute atomic E-state index is 0.000250. The summed E-state index contributed by atoms with van der Waals surface area (Å²) in [5, 5.41) is 2.65. The lowest BCUT2D eigenvalue weighted by Crippen LogP contribution is -2.30. The molecule has 2 N–H and O–H groups in total. The molecular formula is C19H19BrN2O5S. The van der Waals surface area contributed by atoms with Crippen molar-refractivity contribution < 1.29 is 22.7 Å². The second-order valence-corrected chi connectivity index (χ2v) is 9.09. The summed E-state index contributed by atoms with van der Waals surface area (Å²) >= 11 is 3.31. The fourth-order valence-electron chi connectivity index (χ4n) is 2.32. The average Bonchev–Trinajstić information content (AvgIpc) is 3.47. The molecule has 1 aliphatic carbocycles. The average molecular weight is 467 g/mol. The third-order valence-corrected chi connectivity index (χ3v) is 6.13. The van der Waals surface area contributed by atoms with Crippen molar-refractivity contribution in [2.24, 2.45) is 0 Å².